The van der Waals surface area contributed by atoms with E-state index in [9.17, 15) is 4.79 Å². The fraction of sp³-hybridized carbons (Fsp3) is 0.889. The smallest absolute Gasteiger partial charge is 0.317 e. The molecule has 0 atom stereocenters. The standard InChI is InChI=1S/C9H19N3O/c1-3-11(2)7-8-12-6-4-5-10-9(12)13/h3-8H2,1-2H3,(H,10,13). The van der Waals surface area contributed by atoms with Crippen LogP contribution < -0.4 is 5.32 Å². The van der Waals surface area contributed by atoms with Gasteiger partial charge >= 0.3 is 6.03 Å². The summed E-state index contributed by atoms with van der Waals surface area (Å²) in [5, 5.41) is 2.84. The lowest BCUT2D eigenvalue weighted by Gasteiger charge is -2.28. The van der Waals surface area contributed by atoms with E-state index in [-0.39, 0.29) is 6.03 Å². The van der Waals surface area contributed by atoms with Gasteiger partial charge in [0.05, 0.1) is 0 Å². The minimum absolute atomic E-state index is 0.0933. The number of nitrogens with one attached hydrogen (secondary N) is 1. The van der Waals surface area contributed by atoms with E-state index in [1.807, 2.05) is 4.90 Å². The zero-order valence-electron chi connectivity index (χ0n) is 8.55. The van der Waals surface area contributed by atoms with Crippen molar-refractivity contribution in [1.29, 1.82) is 0 Å². The first-order chi connectivity index (χ1) is 6.24. The first-order valence-corrected chi connectivity index (χ1v) is 4.95. The zero-order valence-corrected chi connectivity index (χ0v) is 8.55. The number of nitrogens with zero attached hydrogens (tertiary/aromatic N) is 2. The number of likely N-dealkylation sites (N-methyl/N-ethyl adjacent to an activating group) is 1. The maximum atomic E-state index is 11.3. The molecule has 1 N–H and O–H groups in total. The van der Waals surface area contributed by atoms with Crippen LogP contribution in [0, 0.1) is 0 Å². The van der Waals surface area contributed by atoms with E-state index in [1.54, 1.807) is 0 Å². The molecule has 0 aliphatic carbocycles. The van der Waals surface area contributed by atoms with Gasteiger partial charge in [-0.05, 0) is 20.0 Å². The van der Waals surface area contributed by atoms with Crippen LogP contribution in [0.15, 0.2) is 0 Å². The second kappa shape index (κ2) is 5.07. The molecule has 1 aliphatic rings. The topological polar surface area (TPSA) is 35.6 Å². The van der Waals surface area contributed by atoms with Crippen molar-refractivity contribution in [3.8, 4) is 0 Å². The van der Waals surface area contributed by atoms with Crippen LogP contribution in [0.3, 0.4) is 0 Å². The van der Waals surface area contributed by atoms with Gasteiger partial charge in [-0.25, -0.2) is 4.79 Å². The molecule has 1 aliphatic heterocycles. The Bertz CT molecular complexity index is 172. The van der Waals surface area contributed by atoms with Gasteiger partial charge < -0.3 is 15.1 Å². The highest BCUT2D eigenvalue weighted by Crippen LogP contribution is 1.98. The Balaban J connectivity index is 2.22. The minimum atomic E-state index is 0.0933. The predicted octanol–water partition coefficient (Wildman–Crippen LogP) is 0.353. The summed E-state index contributed by atoms with van der Waals surface area (Å²) >= 11 is 0. The van der Waals surface area contributed by atoms with E-state index in [0.717, 1.165) is 39.1 Å². The summed E-state index contributed by atoms with van der Waals surface area (Å²) in [6.07, 6.45) is 1.07. The predicted molar refractivity (Wildman–Crippen MR) is 52.8 cm³/mol. The largest absolute Gasteiger partial charge is 0.338 e. The molecule has 1 heterocycles. The van der Waals surface area contributed by atoms with Crippen LogP contribution in [-0.2, 0) is 0 Å². The number of carbonyl (C=O) groups excluding carboxylic acids is 1. The molecule has 1 saturated heterocycles. The van der Waals surface area contributed by atoms with Crippen molar-refractivity contribution in [1.82, 2.24) is 15.1 Å². The van der Waals surface area contributed by atoms with Gasteiger partial charge in [-0.15, -0.1) is 0 Å². The number of hydrogen-bond acceptors (Lipinski definition) is 2. The highest BCUT2D eigenvalue weighted by molar-refractivity contribution is 5.74. The van der Waals surface area contributed by atoms with Gasteiger partial charge in [0.25, 0.3) is 0 Å². The summed E-state index contributed by atoms with van der Waals surface area (Å²) in [6.45, 7) is 6.70. The van der Waals surface area contributed by atoms with Gasteiger partial charge in [0.15, 0.2) is 0 Å². The average Bonchev–Trinajstić information content (AvgIpc) is 2.16. The molecule has 0 bridgehead atoms. The lowest BCUT2D eigenvalue weighted by molar-refractivity contribution is 0.177. The van der Waals surface area contributed by atoms with Crippen LogP contribution in [0.1, 0.15) is 13.3 Å². The van der Waals surface area contributed by atoms with Crippen LogP contribution in [0.4, 0.5) is 4.79 Å². The molecule has 4 heteroatoms. The van der Waals surface area contributed by atoms with Crippen molar-refractivity contribution in [3.05, 3.63) is 0 Å². The highest BCUT2D eigenvalue weighted by atomic mass is 16.2. The first-order valence-electron chi connectivity index (χ1n) is 4.95. The van der Waals surface area contributed by atoms with Crippen LogP contribution in [0.5, 0.6) is 0 Å². The maximum Gasteiger partial charge on any atom is 0.317 e. The molecular formula is C9H19N3O. The summed E-state index contributed by atoms with van der Waals surface area (Å²) in [5.41, 5.74) is 0. The third-order valence-electron chi connectivity index (χ3n) is 2.46. The third-order valence-corrected chi connectivity index (χ3v) is 2.46. The second-order valence-electron chi connectivity index (χ2n) is 3.47. The molecule has 0 aromatic heterocycles. The molecule has 1 rings (SSSR count). The van der Waals surface area contributed by atoms with Crippen molar-refractivity contribution < 1.29 is 4.79 Å². The maximum absolute atomic E-state index is 11.3. The van der Waals surface area contributed by atoms with Crippen molar-refractivity contribution in [3.63, 3.8) is 0 Å². The Kier molecular flexibility index (Phi) is 4.02. The van der Waals surface area contributed by atoms with E-state index in [0.29, 0.717) is 0 Å². The number of rotatable bonds is 4. The minimum Gasteiger partial charge on any atom is -0.338 e. The number of amides is 2. The zero-order chi connectivity index (χ0) is 9.68. The summed E-state index contributed by atoms with van der Waals surface area (Å²) in [6, 6.07) is 0.0933. The van der Waals surface area contributed by atoms with Gasteiger partial charge in [0.1, 0.15) is 0 Å². The van der Waals surface area contributed by atoms with Crippen molar-refractivity contribution in [2.24, 2.45) is 0 Å². The number of urea groups is 1. The van der Waals surface area contributed by atoms with Crippen molar-refractivity contribution in [2.45, 2.75) is 13.3 Å². The normalized spacial score (nSPS) is 17.8. The van der Waals surface area contributed by atoms with Gasteiger partial charge in [-0.2, -0.15) is 0 Å². The van der Waals surface area contributed by atoms with Crippen LogP contribution in [-0.4, -0.2) is 55.6 Å². The molecule has 0 unspecified atom stereocenters. The molecule has 0 aromatic carbocycles. The molecule has 13 heavy (non-hydrogen) atoms. The summed E-state index contributed by atoms with van der Waals surface area (Å²) in [5.74, 6) is 0. The molecule has 76 valence electrons. The SMILES string of the molecule is CCN(C)CCN1CCCNC1=O. The fourth-order valence-electron chi connectivity index (χ4n) is 1.34. The third kappa shape index (κ3) is 3.22. The number of hydrogen-bond donors (Lipinski definition) is 1. The lowest BCUT2D eigenvalue weighted by atomic mass is 10.3. The van der Waals surface area contributed by atoms with Gasteiger partial charge in [0.2, 0.25) is 0 Å². The Morgan fingerprint density at radius 2 is 2.38 bits per heavy atom. The summed E-state index contributed by atoms with van der Waals surface area (Å²) in [4.78, 5) is 15.4. The van der Waals surface area contributed by atoms with E-state index >= 15 is 0 Å². The second-order valence-corrected chi connectivity index (χ2v) is 3.47. The highest BCUT2D eigenvalue weighted by Gasteiger charge is 2.16. The van der Waals surface area contributed by atoms with Gasteiger partial charge in [0, 0.05) is 26.2 Å². The van der Waals surface area contributed by atoms with Crippen LogP contribution in [0.2, 0.25) is 0 Å². The quantitative estimate of drug-likeness (QED) is 0.686. The molecular weight excluding hydrogens is 166 g/mol. The van der Waals surface area contributed by atoms with Gasteiger partial charge in [-0.1, -0.05) is 6.92 Å². The molecule has 2 amide bonds. The Hall–Kier alpha value is -0.770. The molecule has 0 spiro atoms. The van der Waals surface area contributed by atoms with Crippen molar-refractivity contribution >= 4 is 6.03 Å². The summed E-state index contributed by atoms with van der Waals surface area (Å²) in [7, 11) is 2.07. The van der Waals surface area contributed by atoms with E-state index in [1.165, 1.54) is 0 Å². The fourth-order valence-corrected chi connectivity index (χ4v) is 1.34. The Labute approximate surface area is 79.9 Å². The molecule has 0 radical (unpaired) electrons. The Morgan fingerprint density at radius 1 is 1.62 bits per heavy atom. The van der Waals surface area contributed by atoms with Crippen LogP contribution >= 0.6 is 0 Å². The summed E-state index contributed by atoms with van der Waals surface area (Å²) < 4.78 is 0. The van der Waals surface area contributed by atoms with Crippen molar-refractivity contribution in [2.75, 3.05) is 39.8 Å². The van der Waals surface area contributed by atoms with Gasteiger partial charge in [-0.3, -0.25) is 0 Å². The first kappa shape index (κ1) is 10.3. The lowest BCUT2D eigenvalue weighted by Crippen LogP contribution is -2.48. The van der Waals surface area contributed by atoms with E-state index in [2.05, 4.69) is 24.2 Å². The number of carbonyl (C=O) groups is 1. The van der Waals surface area contributed by atoms with E-state index in [4.69, 9.17) is 0 Å². The molecule has 0 aromatic rings. The molecule has 1 fully saturated rings. The molecule has 4 nitrogen and oxygen atoms in total. The molecule has 0 saturated carbocycles. The monoisotopic (exact) mass is 185 g/mol. The Morgan fingerprint density at radius 3 is 3.00 bits per heavy atom. The van der Waals surface area contributed by atoms with Crippen LogP contribution in [0.25, 0.3) is 0 Å². The van der Waals surface area contributed by atoms with E-state index < -0.39 is 0 Å². The average molecular weight is 185 g/mol.